The number of carbonyl (C=O) groups excluding carboxylic acids is 3. The van der Waals surface area contributed by atoms with Crippen molar-refractivity contribution in [2.75, 3.05) is 0 Å². The second-order valence-corrected chi connectivity index (χ2v) is 9.73. The normalized spacial score (nSPS) is 17.4. The number of carbonyl (C=O) groups is 3. The van der Waals surface area contributed by atoms with Gasteiger partial charge in [0.15, 0.2) is 0 Å². The zero-order chi connectivity index (χ0) is 27.5. The summed E-state index contributed by atoms with van der Waals surface area (Å²) >= 11 is 0. The zero-order valence-electron chi connectivity index (χ0n) is 21.8. The summed E-state index contributed by atoms with van der Waals surface area (Å²) in [5.74, 6) is -0.967. The number of hydrogen-bond donors (Lipinski definition) is 3. The van der Waals surface area contributed by atoms with Gasteiger partial charge < -0.3 is 25.8 Å². The van der Waals surface area contributed by atoms with Crippen molar-refractivity contribution in [1.29, 1.82) is 0 Å². The number of benzene rings is 3. The highest BCUT2D eigenvalue weighted by molar-refractivity contribution is 5.86. The van der Waals surface area contributed by atoms with Gasteiger partial charge in [0.1, 0.15) is 18.8 Å². The molecule has 3 aromatic carbocycles. The summed E-state index contributed by atoms with van der Waals surface area (Å²) in [6.45, 7) is 0.0620. The van der Waals surface area contributed by atoms with Gasteiger partial charge >= 0.3 is 6.09 Å². The van der Waals surface area contributed by atoms with Gasteiger partial charge in [0, 0.05) is 6.42 Å². The molecule has 3 amide bonds. The Balaban J connectivity index is 1.39. The predicted molar refractivity (Wildman–Crippen MR) is 147 cm³/mol. The van der Waals surface area contributed by atoms with Gasteiger partial charge in [0.25, 0.3) is 0 Å². The van der Waals surface area contributed by atoms with E-state index in [2.05, 4.69) is 22.8 Å². The molecule has 8 heteroatoms. The number of hydrogen-bond acceptors (Lipinski definition) is 5. The summed E-state index contributed by atoms with van der Waals surface area (Å²) in [7, 11) is 0. The van der Waals surface area contributed by atoms with Gasteiger partial charge in [-0.05, 0) is 42.4 Å². The Labute approximate surface area is 228 Å². The van der Waals surface area contributed by atoms with E-state index in [4.69, 9.17) is 15.2 Å². The molecule has 3 aromatic rings. The first-order valence-corrected chi connectivity index (χ1v) is 13.3. The van der Waals surface area contributed by atoms with Gasteiger partial charge in [-0.15, -0.1) is 0 Å². The summed E-state index contributed by atoms with van der Waals surface area (Å²) in [5, 5.41) is 5.68. The number of alkyl carbamates (subject to hydrolysis) is 1. The Hall–Kier alpha value is -4.17. The van der Waals surface area contributed by atoms with E-state index >= 15 is 0 Å². The molecule has 1 fully saturated rings. The summed E-state index contributed by atoms with van der Waals surface area (Å²) in [6, 6.07) is 28.0. The topological polar surface area (TPSA) is 123 Å². The molecule has 0 radical (unpaired) electrons. The largest absolute Gasteiger partial charge is 0.445 e. The first kappa shape index (κ1) is 27.9. The molecule has 1 saturated heterocycles. The standard InChI is InChI=1S/C31H35N3O5/c32-28(35)19-17-25(34-31(37)38-21-24-14-8-3-9-15-24)30(36)33-26(20-23-12-6-2-7-13-23)29-27(39-29)18-16-22-10-4-1-5-11-22/h1-15,25-27,29H,16-21H2,(H2,32,35)(H,33,36)(H,34,37)/t25-,26?,27?,29?/m1/s1. The van der Waals surface area contributed by atoms with Crippen LogP contribution in [0.3, 0.4) is 0 Å². The van der Waals surface area contributed by atoms with Crippen LogP contribution < -0.4 is 16.4 Å². The number of aryl methyl sites for hydroxylation is 1. The minimum absolute atomic E-state index is 0.0204. The molecule has 0 spiro atoms. The summed E-state index contributed by atoms with van der Waals surface area (Å²) < 4.78 is 11.3. The van der Waals surface area contributed by atoms with E-state index in [-0.39, 0.29) is 37.7 Å². The van der Waals surface area contributed by atoms with Crippen LogP contribution in [0.1, 0.15) is 36.0 Å². The number of primary amides is 1. The highest BCUT2D eigenvalue weighted by atomic mass is 16.6. The molecular weight excluding hydrogens is 494 g/mol. The Morgan fingerprint density at radius 1 is 0.821 bits per heavy atom. The lowest BCUT2D eigenvalue weighted by atomic mass is 9.98. The first-order chi connectivity index (χ1) is 19.0. The predicted octanol–water partition coefficient (Wildman–Crippen LogP) is 3.67. The van der Waals surface area contributed by atoms with Gasteiger partial charge in [-0.3, -0.25) is 9.59 Å². The number of nitrogens with one attached hydrogen (secondary N) is 2. The first-order valence-electron chi connectivity index (χ1n) is 13.3. The summed E-state index contributed by atoms with van der Waals surface area (Å²) in [5.41, 5.74) is 8.45. The van der Waals surface area contributed by atoms with E-state index in [1.165, 1.54) is 5.56 Å². The third-order valence-electron chi connectivity index (χ3n) is 6.71. The van der Waals surface area contributed by atoms with Crippen molar-refractivity contribution in [2.24, 2.45) is 5.73 Å². The van der Waals surface area contributed by atoms with Crippen LogP contribution in [0.4, 0.5) is 4.79 Å². The van der Waals surface area contributed by atoms with Crippen LogP contribution in [0, 0.1) is 0 Å². The summed E-state index contributed by atoms with van der Waals surface area (Å²) in [4.78, 5) is 37.4. The zero-order valence-corrected chi connectivity index (χ0v) is 21.8. The minimum Gasteiger partial charge on any atom is -0.445 e. The molecule has 1 aliphatic heterocycles. The number of epoxide rings is 1. The highest BCUT2D eigenvalue weighted by Crippen LogP contribution is 2.31. The van der Waals surface area contributed by atoms with Gasteiger partial charge in [0.05, 0.1) is 12.1 Å². The van der Waals surface area contributed by atoms with E-state index in [0.717, 1.165) is 24.0 Å². The molecule has 0 bridgehead atoms. The Kier molecular flexibility index (Phi) is 10.1. The van der Waals surface area contributed by atoms with Gasteiger partial charge in [-0.1, -0.05) is 91.0 Å². The van der Waals surface area contributed by atoms with Crippen molar-refractivity contribution in [3.8, 4) is 0 Å². The van der Waals surface area contributed by atoms with Crippen LogP contribution in [0.25, 0.3) is 0 Å². The maximum Gasteiger partial charge on any atom is 0.408 e. The highest BCUT2D eigenvalue weighted by Gasteiger charge is 2.45. The Morgan fingerprint density at radius 2 is 1.41 bits per heavy atom. The van der Waals surface area contributed by atoms with Crippen molar-refractivity contribution in [3.05, 3.63) is 108 Å². The lowest BCUT2D eigenvalue weighted by Gasteiger charge is -2.23. The van der Waals surface area contributed by atoms with Crippen LogP contribution in [0.2, 0.25) is 0 Å². The molecule has 1 aliphatic rings. The second kappa shape index (κ2) is 14.1. The molecule has 4 atom stereocenters. The van der Waals surface area contributed by atoms with Crippen molar-refractivity contribution >= 4 is 17.9 Å². The number of ether oxygens (including phenoxy) is 2. The molecule has 0 aliphatic carbocycles. The van der Waals surface area contributed by atoms with E-state index in [1.54, 1.807) is 0 Å². The van der Waals surface area contributed by atoms with Gasteiger partial charge in [-0.25, -0.2) is 4.79 Å². The van der Waals surface area contributed by atoms with Crippen LogP contribution in [0.5, 0.6) is 0 Å². The molecule has 8 nitrogen and oxygen atoms in total. The molecule has 1 heterocycles. The van der Waals surface area contributed by atoms with Gasteiger partial charge in [-0.2, -0.15) is 0 Å². The molecule has 4 N–H and O–H groups in total. The maximum atomic E-state index is 13.4. The van der Waals surface area contributed by atoms with E-state index in [1.807, 2.05) is 78.9 Å². The van der Waals surface area contributed by atoms with E-state index in [0.29, 0.717) is 6.42 Å². The van der Waals surface area contributed by atoms with E-state index < -0.39 is 23.9 Å². The SMILES string of the molecule is NC(=O)CC[C@@H](NC(=O)OCc1ccccc1)C(=O)NC(Cc1ccccc1)C1OC1CCc1ccccc1. The number of rotatable bonds is 14. The average molecular weight is 530 g/mol. The van der Waals surface area contributed by atoms with Crippen LogP contribution in [-0.4, -0.2) is 42.2 Å². The van der Waals surface area contributed by atoms with Crippen molar-refractivity contribution < 1.29 is 23.9 Å². The van der Waals surface area contributed by atoms with Crippen LogP contribution in [0.15, 0.2) is 91.0 Å². The molecular formula is C31H35N3O5. The lowest BCUT2D eigenvalue weighted by Crippen LogP contribution is -2.52. The quantitative estimate of drug-likeness (QED) is 0.275. The third kappa shape index (κ3) is 9.26. The Morgan fingerprint density at radius 3 is 2.03 bits per heavy atom. The van der Waals surface area contributed by atoms with E-state index in [9.17, 15) is 14.4 Å². The Bertz CT molecular complexity index is 1210. The fraction of sp³-hybridized carbons (Fsp3) is 0.323. The molecule has 204 valence electrons. The molecule has 39 heavy (non-hydrogen) atoms. The number of nitrogens with two attached hydrogens (primary N) is 1. The molecule has 3 unspecified atom stereocenters. The average Bonchev–Trinajstić information content (AvgIpc) is 3.74. The molecule has 4 rings (SSSR count). The van der Waals surface area contributed by atoms with Crippen LogP contribution in [-0.2, 0) is 38.5 Å². The van der Waals surface area contributed by atoms with Crippen LogP contribution >= 0.6 is 0 Å². The number of amides is 3. The maximum absolute atomic E-state index is 13.4. The smallest absolute Gasteiger partial charge is 0.408 e. The molecule has 0 aromatic heterocycles. The lowest BCUT2D eigenvalue weighted by molar-refractivity contribution is -0.124. The molecule has 0 saturated carbocycles. The van der Waals surface area contributed by atoms with Crippen molar-refractivity contribution in [3.63, 3.8) is 0 Å². The second-order valence-electron chi connectivity index (χ2n) is 9.73. The third-order valence-corrected chi connectivity index (χ3v) is 6.71. The minimum atomic E-state index is -0.986. The fourth-order valence-electron chi connectivity index (χ4n) is 4.56. The van der Waals surface area contributed by atoms with Crippen molar-refractivity contribution in [2.45, 2.75) is 63.0 Å². The van der Waals surface area contributed by atoms with Gasteiger partial charge in [0.2, 0.25) is 11.8 Å². The monoisotopic (exact) mass is 529 g/mol. The summed E-state index contributed by atoms with van der Waals surface area (Å²) in [6.07, 6.45) is 1.41. The fourth-order valence-corrected chi connectivity index (χ4v) is 4.56. The van der Waals surface area contributed by atoms with Crippen molar-refractivity contribution in [1.82, 2.24) is 10.6 Å².